The fourth-order valence-electron chi connectivity index (χ4n) is 4.89. The number of rotatable bonds is 5. The third-order valence-electron chi connectivity index (χ3n) is 6.67. The lowest BCUT2D eigenvalue weighted by molar-refractivity contribution is -0.136. The van der Waals surface area contributed by atoms with Gasteiger partial charge in [-0.2, -0.15) is 0 Å². The largest absolute Gasteiger partial charge is 0.381 e. The van der Waals surface area contributed by atoms with Crippen LogP contribution in [0.5, 0.6) is 0 Å². The van der Waals surface area contributed by atoms with Crippen molar-refractivity contribution >= 4 is 23.6 Å². The molecule has 2 unspecified atom stereocenters. The standard InChI is InChI=1S/C25H25N3O5/c29-21-9-8-20(24(31)26-21)28-13-18-12-16(6-7-19(18)25(28)32)23(30)27-22(17-10-11-33-14-17)15-4-2-1-3-5-15/h1-7,12,17,20,22H,8-11,13-14H2,(H,27,30)(H,26,29,31)/t17?,20?,22-/m1/s1. The third-order valence-corrected chi connectivity index (χ3v) is 6.67. The molecule has 2 fully saturated rings. The number of imide groups is 1. The molecule has 2 aromatic rings. The molecular weight excluding hydrogens is 422 g/mol. The highest BCUT2D eigenvalue weighted by Gasteiger charge is 2.39. The van der Waals surface area contributed by atoms with Crippen LogP contribution in [0.4, 0.5) is 0 Å². The van der Waals surface area contributed by atoms with Gasteiger partial charge in [-0.1, -0.05) is 30.3 Å². The minimum absolute atomic E-state index is 0.170. The van der Waals surface area contributed by atoms with Crippen LogP contribution in [0.25, 0.3) is 0 Å². The van der Waals surface area contributed by atoms with Gasteiger partial charge in [0.05, 0.1) is 12.6 Å². The Morgan fingerprint density at radius 1 is 1.09 bits per heavy atom. The summed E-state index contributed by atoms with van der Waals surface area (Å²) >= 11 is 0. The van der Waals surface area contributed by atoms with Gasteiger partial charge in [0.1, 0.15) is 6.04 Å². The summed E-state index contributed by atoms with van der Waals surface area (Å²) in [7, 11) is 0. The first-order valence-electron chi connectivity index (χ1n) is 11.2. The first kappa shape index (κ1) is 21.3. The molecule has 3 aliphatic heterocycles. The summed E-state index contributed by atoms with van der Waals surface area (Å²) in [6, 6.07) is 14.0. The van der Waals surface area contributed by atoms with Crippen LogP contribution in [0.15, 0.2) is 48.5 Å². The summed E-state index contributed by atoms with van der Waals surface area (Å²) in [6.07, 6.45) is 1.38. The molecule has 8 nitrogen and oxygen atoms in total. The smallest absolute Gasteiger partial charge is 0.255 e. The molecule has 2 aromatic carbocycles. The molecule has 8 heteroatoms. The first-order chi connectivity index (χ1) is 16.0. The highest BCUT2D eigenvalue weighted by atomic mass is 16.5. The van der Waals surface area contributed by atoms with Crippen molar-refractivity contribution in [1.82, 2.24) is 15.5 Å². The van der Waals surface area contributed by atoms with E-state index >= 15 is 0 Å². The van der Waals surface area contributed by atoms with Gasteiger partial charge in [-0.25, -0.2) is 0 Å². The number of fused-ring (bicyclic) bond motifs is 1. The maximum absolute atomic E-state index is 13.2. The van der Waals surface area contributed by atoms with Crippen molar-refractivity contribution in [2.45, 2.75) is 37.9 Å². The topological polar surface area (TPSA) is 105 Å². The molecule has 5 rings (SSSR count). The van der Waals surface area contributed by atoms with Crippen molar-refractivity contribution in [2.75, 3.05) is 13.2 Å². The number of piperidine rings is 1. The summed E-state index contributed by atoms with van der Waals surface area (Å²) < 4.78 is 5.56. The van der Waals surface area contributed by atoms with E-state index in [1.165, 1.54) is 4.90 Å². The predicted molar refractivity (Wildman–Crippen MR) is 118 cm³/mol. The Balaban J connectivity index is 1.34. The summed E-state index contributed by atoms with van der Waals surface area (Å²) in [4.78, 5) is 51.3. The molecule has 0 radical (unpaired) electrons. The normalized spacial score (nSPS) is 23.3. The Labute approximate surface area is 191 Å². The van der Waals surface area contributed by atoms with Crippen molar-refractivity contribution in [2.24, 2.45) is 5.92 Å². The Hall–Kier alpha value is -3.52. The fourth-order valence-corrected chi connectivity index (χ4v) is 4.89. The van der Waals surface area contributed by atoms with Crippen LogP contribution < -0.4 is 10.6 Å². The average Bonchev–Trinajstić information content (AvgIpc) is 3.46. The van der Waals surface area contributed by atoms with E-state index in [0.717, 1.165) is 12.0 Å². The lowest BCUT2D eigenvalue weighted by Crippen LogP contribution is -2.52. The molecule has 33 heavy (non-hydrogen) atoms. The van der Waals surface area contributed by atoms with Crippen LogP contribution in [0.3, 0.4) is 0 Å². The van der Waals surface area contributed by atoms with Crippen molar-refractivity contribution < 1.29 is 23.9 Å². The van der Waals surface area contributed by atoms with E-state index in [4.69, 9.17) is 4.74 Å². The maximum atomic E-state index is 13.2. The zero-order valence-corrected chi connectivity index (χ0v) is 18.1. The SMILES string of the molecule is O=C1CCC(N2Cc3cc(C(=O)N[C@H](c4ccccc4)C4CCOC4)ccc3C2=O)C(=O)N1. The molecule has 3 atom stereocenters. The van der Waals surface area contributed by atoms with Crippen LogP contribution in [0.2, 0.25) is 0 Å². The van der Waals surface area contributed by atoms with E-state index in [-0.39, 0.29) is 42.6 Å². The minimum atomic E-state index is -0.676. The Morgan fingerprint density at radius 2 is 1.91 bits per heavy atom. The van der Waals surface area contributed by atoms with Gasteiger partial charge in [-0.05, 0) is 42.2 Å². The maximum Gasteiger partial charge on any atom is 0.255 e. The van der Waals surface area contributed by atoms with Gasteiger partial charge in [0.2, 0.25) is 11.8 Å². The van der Waals surface area contributed by atoms with Crippen molar-refractivity contribution in [1.29, 1.82) is 0 Å². The molecule has 0 bridgehead atoms. The number of carbonyl (C=O) groups is 4. The number of hydrogen-bond donors (Lipinski definition) is 2. The number of carbonyl (C=O) groups excluding carboxylic acids is 4. The number of nitrogens with one attached hydrogen (secondary N) is 2. The second kappa shape index (κ2) is 8.78. The summed E-state index contributed by atoms with van der Waals surface area (Å²) in [5, 5.41) is 5.46. The Bertz CT molecular complexity index is 1110. The van der Waals surface area contributed by atoms with Crippen LogP contribution in [0, 0.1) is 5.92 Å². The molecule has 3 heterocycles. The second-order valence-corrected chi connectivity index (χ2v) is 8.76. The average molecular weight is 447 g/mol. The van der Waals surface area contributed by atoms with E-state index in [1.54, 1.807) is 18.2 Å². The fraction of sp³-hybridized carbons (Fsp3) is 0.360. The van der Waals surface area contributed by atoms with Crippen LogP contribution in [-0.2, 0) is 20.9 Å². The van der Waals surface area contributed by atoms with Crippen molar-refractivity contribution in [3.05, 3.63) is 70.8 Å². The summed E-state index contributed by atoms with van der Waals surface area (Å²) in [5.41, 5.74) is 2.69. The van der Waals surface area contributed by atoms with Gasteiger partial charge >= 0.3 is 0 Å². The molecule has 0 aliphatic carbocycles. The van der Waals surface area contributed by atoms with Gasteiger partial charge in [0, 0.05) is 36.6 Å². The zero-order chi connectivity index (χ0) is 22.9. The van der Waals surface area contributed by atoms with Gasteiger partial charge in [0.15, 0.2) is 0 Å². The highest BCUT2D eigenvalue weighted by molar-refractivity contribution is 6.06. The highest BCUT2D eigenvalue weighted by Crippen LogP contribution is 2.31. The van der Waals surface area contributed by atoms with E-state index < -0.39 is 11.9 Å². The quantitative estimate of drug-likeness (QED) is 0.682. The number of hydrogen-bond acceptors (Lipinski definition) is 5. The van der Waals surface area contributed by atoms with E-state index in [2.05, 4.69) is 10.6 Å². The Morgan fingerprint density at radius 3 is 2.64 bits per heavy atom. The number of ether oxygens (including phenoxy) is 1. The number of benzene rings is 2. The molecule has 4 amide bonds. The molecule has 2 saturated heterocycles. The first-order valence-corrected chi connectivity index (χ1v) is 11.2. The molecule has 0 spiro atoms. The zero-order valence-electron chi connectivity index (χ0n) is 18.1. The Kier molecular flexibility index (Phi) is 5.68. The van der Waals surface area contributed by atoms with Gasteiger partial charge in [0.25, 0.3) is 11.8 Å². The van der Waals surface area contributed by atoms with Gasteiger partial charge in [-0.15, -0.1) is 0 Å². The van der Waals surface area contributed by atoms with Gasteiger partial charge < -0.3 is 15.0 Å². The third kappa shape index (κ3) is 4.14. The summed E-state index contributed by atoms with van der Waals surface area (Å²) in [6.45, 7) is 1.51. The van der Waals surface area contributed by atoms with E-state index in [0.29, 0.717) is 36.3 Å². The van der Waals surface area contributed by atoms with Crippen molar-refractivity contribution in [3.8, 4) is 0 Å². The number of amides is 4. The molecule has 3 aliphatic rings. The van der Waals surface area contributed by atoms with Crippen molar-refractivity contribution in [3.63, 3.8) is 0 Å². The summed E-state index contributed by atoms with van der Waals surface area (Å²) in [5.74, 6) is -1.05. The monoisotopic (exact) mass is 447 g/mol. The van der Waals surface area contributed by atoms with Gasteiger partial charge in [-0.3, -0.25) is 24.5 Å². The predicted octanol–water partition coefficient (Wildman–Crippen LogP) is 1.96. The molecule has 170 valence electrons. The van der Waals surface area contributed by atoms with Crippen LogP contribution in [0.1, 0.15) is 57.1 Å². The van der Waals surface area contributed by atoms with Crippen LogP contribution in [-0.4, -0.2) is 47.8 Å². The molecule has 0 saturated carbocycles. The molecular formula is C25H25N3O5. The lowest BCUT2D eigenvalue weighted by atomic mass is 9.92. The molecule has 2 N–H and O–H groups in total. The van der Waals surface area contributed by atoms with E-state index in [1.807, 2.05) is 30.3 Å². The van der Waals surface area contributed by atoms with Crippen LogP contribution >= 0.6 is 0 Å². The minimum Gasteiger partial charge on any atom is -0.381 e. The number of nitrogens with zero attached hydrogens (tertiary/aromatic N) is 1. The lowest BCUT2D eigenvalue weighted by Gasteiger charge is -2.29. The van der Waals surface area contributed by atoms with E-state index in [9.17, 15) is 19.2 Å². The molecule has 0 aromatic heterocycles. The second-order valence-electron chi connectivity index (χ2n) is 8.76.